The Hall–Kier alpha value is -0.610. The summed E-state index contributed by atoms with van der Waals surface area (Å²) in [5.41, 5.74) is 5.38. The number of halogens is 1. The molecule has 1 heterocycles. The maximum absolute atomic E-state index is 9.52. The smallest absolute Gasteiger partial charge is 0.100 e. The number of benzene rings is 1. The molecular weight excluding hydrogens is 218 g/mol. The average molecular weight is 230 g/mol. The van der Waals surface area contributed by atoms with E-state index in [9.17, 15) is 5.11 Å². The van der Waals surface area contributed by atoms with Crippen LogP contribution in [0.15, 0.2) is 30.3 Å². The standard InChI is InChI=1S/C10H11NOS.ClH/c11-6-8(12)10-5-7-3-1-2-4-9(7)13-10;/h1-5,8,12H,6,11H2;1H. The van der Waals surface area contributed by atoms with Gasteiger partial charge < -0.3 is 10.8 Å². The van der Waals surface area contributed by atoms with Gasteiger partial charge in [0.05, 0.1) is 0 Å². The molecule has 1 atom stereocenters. The molecule has 0 saturated heterocycles. The molecule has 4 heteroatoms. The first kappa shape index (κ1) is 11.5. The van der Waals surface area contributed by atoms with Crippen LogP contribution in [0.25, 0.3) is 10.1 Å². The molecule has 0 aliphatic carbocycles. The Labute approximate surface area is 92.8 Å². The Balaban J connectivity index is 0.000000980. The van der Waals surface area contributed by atoms with Crippen molar-refractivity contribution in [3.8, 4) is 0 Å². The first-order valence-electron chi connectivity index (χ1n) is 4.18. The third-order valence-corrected chi connectivity index (χ3v) is 3.21. The lowest BCUT2D eigenvalue weighted by atomic mass is 10.2. The van der Waals surface area contributed by atoms with E-state index in [2.05, 4.69) is 0 Å². The van der Waals surface area contributed by atoms with Crippen LogP contribution in [-0.4, -0.2) is 11.7 Å². The van der Waals surface area contributed by atoms with Crippen molar-refractivity contribution in [1.82, 2.24) is 0 Å². The minimum absolute atomic E-state index is 0. The van der Waals surface area contributed by atoms with Crippen LogP contribution in [0.2, 0.25) is 0 Å². The highest BCUT2D eigenvalue weighted by atomic mass is 35.5. The second kappa shape index (κ2) is 4.75. The van der Waals surface area contributed by atoms with Gasteiger partial charge in [0.15, 0.2) is 0 Å². The molecule has 0 fully saturated rings. The van der Waals surface area contributed by atoms with Crippen molar-refractivity contribution in [3.63, 3.8) is 0 Å². The zero-order valence-electron chi connectivity index (χ0n) is 7.51. The second-order valence-electron chi connectivity index (χ2n) is 2.94. The molecule has 0 aliphatic rings. The summed E-state index contributed by atoms with van der Waals surface area (Å²) in [4.78, 5) is 0.948. The highest BCUT2D eigenvalue weighted by Gasteiger charge is 2.08. The molecule has 0 aliphatic heterocycles. The van der Waals surface area contributed by atoms with E-state index in [0.29, 0.717) is 0 Å². The van der Waals surface area contributed by atoms with Crippen LogP contribution in [0, 0.1) is 0 Å². The van der Waals surface area contributed by atoms with Crippen LogP contribution in [0.4, 0.5) is 0 Å². The normalized spacial score (nSPS) is 12.4. The average Bonchev–Trinajstić information content (AvgIpc) is 2.59. The summed E-state index contributed by atoms with van der Waals surface area (Å²) < 4.78 is 1.20. The highest BCUT2D eigenvalue weighted by Crippen LogP contribution is 2.29. The summed E-state index contributed by atoms with van der Waals surface area (Å²) in [6.07, 6.45) is -0.516. The van der Waals surface area contributed by atoms with Gasteiger partial charge in [-0.25, -0.2) is 0 Å². The van der Waals surface area contributed by atoms with Crippen LogP contribution in [0.1, 0.15) is 11.0 Å². The molecule has 0 radical (unpaired) electrons. The molecule has 1 aromatic carbocycles. The van der Waals surface area contributed by atoms with E-state index in [0.717, 1.165) is 4.88 Å². The summed E-state index contributed by atoms with van der Waals surface area (Å²) in [6.45, 7) is 0.285. The fourth-order valence-corrected chi connectivity index (χ4v) is 2.35. The predicted octanol–water partition coefficient (Wildman–Crippen LogP) is 2.32. The van der Waals surface area contributed by atoms with E-state index in [-0.39, 0.29) is 19.0 Å². The van der Waals surface area contributed by atoms with Crippen molar-refractivity contribution in [2.75, 3.05) is 6.54 Å². The third-order valence-electron chi connectivity index (χ3n) is 2.00. The van der Waals surface area contributed by atoms with Crippen LogP contribution in [0.5, 0.6) is 0 Å². The number of aliphatic hydroxyl groups is 1. The first-order valence-corrected chi connectivity index (χ1v) is 4.99. The second-order valence-corrected chi connectivity index (χ2v) is 4.05. The molecule has 0 amide bonds. The highest BCUT2D eigenvalue weighted by molar-refractivity contribution is 7.19. The molecule has 1 aromatic heterocycles. The van der Waals surface area contributed by atoms with E-state index in [1.165, 1.54) is 10.1 Å². The summed E-state index contributed by atoms with van der Waals surface area (Å²) in [5.74, 6) is 0. The fourth-order valence-electron chi connectivity index (χ4n) is 1.28. The zero-order chi connectivity index (χ0) is 9.26. The Bertz CT molecular complexity index is 382. The zero-order valence-corrected chi connectivity index (χ0v) is 9.15. The van der Waals surface area contributed by atoms with Gasteiger partial charge in [0.2, 0.25) is 0 Å². The van der Waals surface area contributed by atoms with E-state index < -0.39 is 6.10 Å². The Kier molecular flexibility index (Phi) is 3.89. The quantitative estimate of drug-likeness (QED) is 0.830. The minimum Gasteiger partial charge on any atom is -0.386 e. The van der Waals surface area contributed by atoms with Crippen LogP contribution in [-0.2, 0) is 0 Å². The number of hydrogen-bond donors (Lipinski definition) is 2. The van der Waals surface area contributed by atoms with Crippen molar-refractivity contribution < 1.29 is 5.11 Å². The first-order chi connectivity index (χ1) is 6.31. The number of thiophene rings is 1. The summed E-state index contributed by atoms with van der Waals surface area (Å²) in [7, 11) is 0. The van der Waals surface area contributed by atoms with Gasteiger partial charge in [0, 0.05) is 16.1 Å². The summed E-state index contributed by atoms with van der Waals surface area (Å²) in [5, 5.41) is 10.7. The lowest BCUT2D eigenvalue weighted by Crippen LogP contribution is -2.09. The van der Waals surface area contributed by atoms with E-state index in [1.807, 2.05) is 30.3 Å². The molecule has 1 unspecified atom stereocenters. The van der Waals surface area contributed by atoms with Crippen molar-refractivity contribution in [1.29, 1.82) is 0 Å². The predicted molar refractivity (Wildman–Crippen MR) is 63.1 cm³/mol. The van der Waals surface area contributed by atoms with Crippen LogP contribution in [0.3, 0.4) is 0 Å². The lowest BCUT2D eigenvalue weighted by Gasteiger charge is -2.01. The molecule has 3 N–H and O–H groups in total. The maximum Gasteiger partial charge on any atom is 0.100 e. The van der Waals surface area contributed by atoms with Crippen molar-refractivity contribution in [2.45, 2.75) is 6.10 Å². The number of nitrogens with two attached hydrogens (primary N) is 1. The van der Waals surface area contributed by atoms with Gasteiger partial charge in [0.1, 0.15) is 6.10 Å². The Morgan fingerprint density at radius 2 is 2.07 bits per heavy atom. The van der Waals surface area contributed by atoms with Gasteiger partial charge >= 0.3 is 0 Å². The molecule has 2 aromatic rings. The molecule has 0 saturated carbocycles. The number of hydrogen-bond acceptors (Lipinski definition) is 3. The number of fused-ring (bicyclic) bond motifs is 1. The number of rotatable bonds is 2. The van der Waals surface area contributed by atoms with E-state index in [1.54, 1.807) is 11.3 Å². The molecule has 0 spiro atoms. The Morgan fingerprint density at radius 3 is 2.71 bits per heavy atom. The van der Waals surface area contributed by atoms with Gasteiger partial charge in [-0.05, 0) is 17.5 Å². The largest absolute Gasteiger partial charge is 0.386 e. The monoisotopic (exact) mass is 229 g/mol. The molecule has 0 bridgehead atoms. The molecule has 76 valence electrons. The third kappa shape index (κ3) is 2.07. The van der Waals surface area contributed by atoms with Crippen LogP contribution < -0.4 is 5.73 Å². The van der Waals surface area contributed by atoms with Crippen LogP contribution >= 0.6 is 23.7 Å². The van der Waals surface area contributed by atoms with Crippen molar-refractivity contribution in [2.24, 2.45) is 5.73 Å². The van der Waals surface area contributed by atoms with Gasteiger partial charge in [-0.3, -0.25) is 0 Å². The lowest BCUT2D eigenvalue weighted by molar-refractivity contribution is 0.190. The molecule has 14 heavy (non-hydrogen) atoms. The minimum atomic E-state index is -0.516. The van der Waals surface area contributed by atoms with Crippen molar-refractivity contribution in [3.05, 3.63) is 35.2 Å². The number of aliphatic hydroxyl groups excluding tert-OH is 1. The topological polar surface area (TPSA) is 46.2 Å². The molecule has 2 nitrogen and oxygen atoms in total. The van der Waals surface area contributed by atoms with Gasteiger partial charge in [0.25, 0.3) is 0 Å². The summed E-state index contributed by atoms with van der Waals surface area (Å²) in [6, 6.07) is 10.1. The maximum atomic E-state index is 9.52. The van der Waals surface area contributed by atoms with E-state index in [4.69, 9.17) is 5.73 Å². The molecule has 2 rings (SSSR count). The van der Waals surface area contributed by atoms with Gasteiger partial charge in [-0.15, -0.1) is 23.7 Å². The van der Waals surface area contributed by atoms with Gasteiger partial charge in [-0.1, -0.05) is 18.2 Å². The SMILES string of the molecule is Cl.NCC(O)c1cc2ccccc2s1. The molecular formula is C10H12ClNOS. The van der Waals surface area contributed by atoms with Crippen molar-refractivity contribution >= 4 is 33.8 Å². The van der Waals surface area contributed by atoms with Gasteiger partial charge in [-0.2, -0.15) is 0 Å². The summed E-state index contributed by atoms with van der Waals surface area (Å²) >= 11 is 1.60. The fraction of sp³-hybridized carbons (Fsp3) is 0.200. The van der Waals surface area contributed by atoms with E-state index >= 15 is 0 Å². The Morgan fingerprint density at radius 1 is 1.36 bits per heavy atom.